The Hall–Kier alpha value is -3.85. The first kappa shape index (κ1) is 32.1. The van der Waals surface area contributed by atoms with Crippen molar-refractivity contribution < 1.29 is 18.0 Å². The number of hydrogen-bond donors (Lipinski definition) is 1. The number of amides is 2. The van der Waals surface area contributed by atoms with Gasteiger partial charge in [0.25, 0.3) is 10.0 Å². The van der Waals surface area contributed by atoms with E-state index < -0.39 is 28.5 Å². The van der Waals surface area contributed by atoms with Crippen molar-refractivity contribution in [2.24, 2.45) is 0 Å². The Kier molecular flexibility index (Phi) is 10.9. The van der Waals surface area contributed by atoms with E-state index in [-0.39, 0.29) is 29.8 Å². The first-order valence-electron chi connectivity index (χ1n) is 13.8. The number of rotatable bonds is 12. The second kappa shape index (κ2) is 14.6. The van der Waals surface area contributed by atoms with Crippen LogP contribution in [0.1, 0.15) is 25.0 Å². The van der Waals surface area contributed by atoms with Crippen molar-refractivity contribution in [1.82, 2.24) is 10.2 Å². The van der Waals surface area contributed by atoms with Crippen LogP contribution in [0, 0.1) is 0 Å². The molecule has 0 aliphatic heterocycles. The molecule has 0 spiro atoms. The van der Waals surface area contributed by atoms with E-state index >= 15 is 0 Å². The molecule has 0 radical (unpaired) electrons. The molecule has 0 saturated carbocycles. The number of nitrogens with zero attached hydrogens (tertiary/aromatic N) is 2. The maximum absolute atomic E-state index is 14.4. The van der Waals surface area contributed by atoms with Crippen molar-refractivity contribution in [3.8, 4) is 0 Å². The maximum atomic E-state index is 14.4. The van der Waals surface area contributed by atoms with Crippen LogP contribution in [-0.4, -0.2) is 43.8 Å². The fourth-order valence-corrected chi connectivity index (χ4v) is 6.58. The number of nitrogens with one attached hydrogen (secondary N) is 1. The highest BCUT2D eigenvalue weighted by atomic mass is 35.5. The molecule has 0 aliphatic rings. The lowest BCUT2D eigenvalue weighted by Gasteiger charge is -2.34. The van der Waals surface area contributed by atoms with Crippen molar-refractivity contribution in [3.63, 3.8) is 0 Å². The molecule has 4 rings (SSSR count). The van der Waals surface area contributed by atoms with Crippen LogP contribution >= 0.6 is 23.2 Å². The lowest BCUT2D eigenvalue weighted by molar-refractivity contribution is -0.140. The van der Waals surface area contributed by atoms with E-state index in [4.69, 9.17) is 23.2 Å². The summed E-state index contributed by atoms with van der Waals surface area (Å²) in [6.45, 7) is 2.98. The summed E-state index contributed by atoms with van der Waals surface area (Å²) in [7, 11) is -4.16. The van der Waals surface area contributed by atoms with Crippen molar-refractivity contribution in [2.45, 2.75) is 43.8 Å². The Morgan fingerprint density at radius 3 is 1.86 bits per heavy atom. The number of anilines is 1. The predicted octanol–water partition coefficient (Wildman–Crippen LogP) is 6.35. The van der Waals surface area contributed by atoms with Gasteiger partial charge in [0.15, 0.2) is 0 Å². The van der Waals surface area contributed by atoms with Crippen molar-refractivity contribution in [2.75, 3.05) is 10.8 Å². The molecule has 7 nitrogen and oxygen atoms in total. The molecule has 0 aromatic heterocycles. The average molecular weight is 639 g/mol. The Morgan fingerprint density at radius 1 is 0.767 bits per heavy atom. The summed E-state index contributed by atoms with van der Waals surface area (Å²) in [4.78, 5) is 29.5. The molecular formula is C33H33Cl2N3O4S. The summed E-state index contributed by atoms with van der Waals surface area (Å²) in [6, 6.07) is 29.4. The number of hydrogen-bond acceptors (Lipinski definition) is 4. The molecule has 1 N–H and O–H groups in total. The molecule has 0 aliphatic carbocycles. The predicted molar refractivity (Wildman–Crippen MR) is 172 cm³/mol. The van der Waals surface area contributed by atoms with Crippen LogP contribution in [-0.2, 0) is 32.6 Å². The third-order valence-corrected chi connectivity index (χ3v) is 9.24. The molecule has 0 bridgehead atoms. The number of carbonyl (C=O) groups excluding carboxylic acids is 2. The molecule has 0 fully saturated rings. The lowest BCUT2D eigenvalue weighted by atomic mass is 10.0. The minimum atomic E-state index is -4.16. The van der Waals surface area contributed by atoms with Gasteiger partial charge in [0.1, 0.15) is 12.6 Å². The van der Waals surface area contributed by atoms with Crippen LogP contribution in [0.25, 0.3) is 0 Å². The minimum Gasteiger partial charge on any atom is -0.352 e. The van der Waals surface area contributed by atoms with Crippen molar-refractivity contribution in [1.29, 1.82) is 0 Å². The first-order chi connectivity index (χ1) is 20.6. The van der Waals surface area contributed by atoms with Crippen molar-refractivity contribution in [3.05, 3.63) is 130 Å². The third-order valence-electron chi connectivity index (χ3n) is 6.75. The largest absolute Gasteiger partial charge is 0.352 e. The fourth-order valence-electron chi connectivity index (χ4n) is 4.63. The third kappa shape index (κ3) is 8.16. The summed E-state index contributed by atoms with van der Waals surface area (Å²) in [5.41, 5.74) is 1.58. The van der Waals surface area contributed by atoms with Crippen LogP contribution < -0.4 is 9.62 Å². The smallest absolute Gasteiger partial charge is 0.264 e. The van der Waals surface area contributed by atoms with Crippen molar-refractivity contribution >= 4 is 50.7 Å². The van der Waals surface area contributed by atoms with Gasteiger partial charge in [0.2, 0.25) is 11.8 Å². The van der Waals surface area contributed by atoms with Gasteiger partial charge in [-0.2, -0.15) is 0 Å². The minimum absolute atomic E-state index is 0.0331. The summed E-state index contributed by atoms with van der Waals surface area (Å²) in [5.74, 6) is -0.980. The average Bonchev–Trinajstić information content (AvgIpc) is 2.99. The molecule has 224 valence electrons. The highest BCUT2D eigenvalue weighted by Gasteiger charge is 2.35. The van der Waals surface area contributed by atoms with Crippen LogP contribution in [0.2, 0.25) is 10.0 Å². The zero-order chi connectivity index (χ0) is 31.0. The molecule has 1 unspecified atom stereocenters. The van der Waals surface area contributed by atoms with Gasteiger partial charge in [-0.15, -0.1) is 0 Å². The molecule has 0 saturated heterocycles. The standard InChI is InChI=1S/C33H33Cl2N3O4S/c1-24(2)36-33(40)31(21-25-13-6-3-7-14-25)37(22-28-29(34)19-12-20-30(28)35)32(39)23-38(26-15-8-4-9-16-26)43(41,42)27-17-10-5-11-18-27/h3-20,24,31H,21-23H2,1-2H3,(H,36,40). The van der Waals surface area contributed by atoms with Crippen LogP contribution in [0.4, 0.5) is 5.69 Å². The molecule has 43 heavy (non-hydrogen) atoms. The van der Waals surface area contributed by atoms with Gasteiger partial charge >= 0.3 is 0 Å². The van der Waals surface area contributed by atoms with Crippen LogP contribution in [0.5, 0.6) is 0 Å². The van der Waals surface area contributed by atoms with Gasteiger partial charge in [-0.05, 0) is 55.8 Å². The fraction of sp³-hybridized carbons (Fsp3) is 0.212. The number of benzene rings is 4. The highest BCUT2D eigenvalue weighted by Crippen LogP contribution is 2.29. The molecule has 0 heterocycles. The Bertz CT molecular complexity index is 1620. The van der Waals surface area contributed by atoms with Gasteiger partial charge < -0.3 is 10.2 Å². The molecule has 10 heteroatoms. The molecule has 4 aromatic carbocycles. The number of sulfonamides is 1. The molecule has 2 amide bonds. The van der Waals surface area contributed by atoms with Crippen LogP contribution in [0.15, 0.2) is 114 Å². The van der Waals surface area contributed by atoms with Gasteiger partial charge in [0, 0.05) is 34.6 Å². The van der Waals surface area contributed by atoms with Gasteiger partial charge in [-0.1, -0.05) is 96.0 Å². The molecular weight excluding hydrogens is 605 g/mol. The summed E-state index contributed by atoms with van der Waals surface area (Å²) >= 11 is 13.1. The SMILES string of the molecule is CC(C)NC(=O)C(Cc1ccccc1)N(Cc1c(Cl)cccc1Cl)C(=O)CN(c1ccccc1)S(=O)(=O)c1ccccc1. The van der Waals surface area contributed by atoms with E-state index in [1.54, 1.807) is 66.7 Å². The normalized spacial score (nSPS) is 12.0. The van der Waals surface area contributed by atoms with E-state index in [0.29, 0.717) is 21.3 Å². The summed E-state index contributed by atoms with van der Waals surface area (Å²) in [5, 5.41) is 3.57. The monoisotopic (exact) mass is 637 g/mol. The van der Waals surface area contributed by atoms with Gasteiger partial charge in [-0.3, -0.25) is 13.9 Å². The first-order valence-corrected chi connectivity index (χ1v) is 16.0. The Labute approximate surface area is 263 Å². The molecule has 4 aromatic rings. The van der Waals surface area contributed by atoms with E-state index in [1.165, 1.54) is 17.0 Å². The zero-order valence-electron chi connectivity index (χ0n) is 23.9. The van der Waals surface area contributed by atoms with Gasteiger partial charge in [0.05, 0.1) is 10.6 Å². The lowest BCUT2D eigenvalue weighted by Crippen LogP contribution is -2.54. The quantitative estimate of drug-likeness (QED) is 0.196. The number of halogens is 2. The van der Waals surface area contributed by atoms with E-state index in [9.17, 15) is 18.0 Å². The number of carbonyl (C=O) groups is 2. The van der Waals surface area contributed by atoms with Crippen LogP contribution in [0.3, 0.4) is 0 Å². The second-order valence-corrected chi connectivity index (χ2v) is 12.9. The van der Waals surface area contributed by atoms with E-state index in [0.717, 1.165) is 9.87 Å². The highest BCUT2D eigenvalue weighted by molar-refractivity contribution is 7.92. The van der Waals surface area contributed by atoms with E-state index in [1.807, 2.05) is 44.2 Å². The maximum Gasteiger partial charge on any atom is 0.264 e. The van der Waals surface area contributed by atoms with E-state index in [2.05, 4.69) is 5.32 Å². The summed E-state index contributed by atoms with van der Waals surface area (Å²) in [6.07, 6.45) is 0.185. The second-order valence-electron chi connectivity index (χ2n) is 10.3. The summed E-state index contributed by atoms with van der Waals surface area (Å²) < 4.78 is 28.9. The number of para-hydroxylation sites is 1. The molecule has 1 atom stereocenters. The van der Waals surface area contributed by atoms with Gasteiger partial charge in [-0.25, -0.2) is 8.42 Å². The topological polar surface area (TPSA) is 86.8 Å². The zero-order valence-corrected chi connectivity index (χ0v) is 26.2. The Balaban J connectivity index is 1.82. The Morgan fingerprint density at radius 2 is 1.30 bits per heavy atom.